The molecule has 2 aliphatic rings. The minimum atomic E-state index is 0.242. The maximum Gasteiger partial charge on any atom is 0.0895 e. The lowest BCUT2D eigenvalue weighted by molar-refractivity contribution is -0.0381. The van der Waals surface area contributed by atoms with E-state index in [1.807, 2.05) is 0 Å². The molecular formula is C18H19NO. The van der Waals surface area contributed by atoms with Gasteiger partial charge in [-0.05, 0) is 24.5 Å². The molecule has 0 bridgehead atoms. The third-order valence-corrected chi connectivity index (χ3v) is 4.53. The van der Waals surface area contributed by atoms with Crippen molar-refractivity contribution in [1.29, 1.82) is 0 Å². The van der Waals surface area contributed by atoms with Gasteiger partial charge in [-0.3, -0.25) is 0 Å². The van der Waals surface area contributed by atoms with Crippen molar-refractivity contribution in [1.82, 2.24) is 0 Å². The van der Waals surface area contributed by atoms with Crippen molar-refractivity contribution in [3.05, 3.63) is 65.7 Å². The van der Waals surface area contributed by atoms with Gasteiger partial charge in [0.25, 0.3) is 0 Å². The topological polar surface area (TPSA) is 21.3 Å². The molecule has 0 radical (unpaired) electrons. The standard InChI is InChI=1S/C18H19NO/c1-2-7-13(8-3-1)17-15-10-6-12-20-18(15)14-9-4-5-11-16(14)19-17/h1-5,7-9,11,15,17-19H,6,10,12H2/t15-,17?,18+/m0/s1. The van der Waals surface area contributed by atoms with Gasteiger partial charge in [-0.25, -0.2) is 0 Å². The van der Waals surface area contributed by atoms with Gasteiger partial charge in [0.2, 0.25) is 0 Å². The molecule has 0 spiro atoms. The SMILES string of the molecule is c1ccc(C2Nc3ccccc3[C@H]3OCCC[C@@H]23)cc1. The van der Waals surface area contributed by atoms with Crippen LogP contribution < -0.4 is 5.32 Å². The van der Waals surface area contributed by atoms with Crippen molar-refractivity contribution in [2.75, 3.05) is 11.9 Å². The van der Waals surface area contributed by atoms with Crippen LogP contribution in [0.15, 0.2) is 54.6 Å². The summed E-state index contributed by atoms with van der Waals surface area (Å²) < 4.78 is 6.12. The molecular weight excluding hydrogens is 246 g/mol. The van der Waals surface area contributed by atoms with Crippen LogP contribution in [0.3, 0.4) is 0 Å². The average Bonchev–Trinajstić information content (AvgIpc) is 2.55. The van der Waals surface area contributed by atoms with Crippen LogP contribution in [0.5, 0.6) is 0 Å². The second-order valence-electron chi connectivity index (χ2n) is 5.72. The van der Waals surface area contributed by atoms with Gasteiger partial charge >= 0.3 is 0 Å². The maximum absolute atomic E-state index is 6.12. The van der Waals surface area contributed by atoms with E-state index in [1.54, 1.807) is 0 Å². The smallest absolute Gasteiger partial charge is 0.0895 e. The van der Waals surface area contributed by atoms with Gasteiger partial charge in [-0.2, -0.15) is 0 Å². The van der Waals surface area contributed by atoms with Crippen molar-refractivity contribution < 1.29 is 4.74 Å². The van der Waals surface area contributed by atoms with E-state index in [0.29, 0.717) is 12.0 Å². The second kappa shape index (κ2) is 4.95. The third kappa shape index (κ3) is 1.92. The zero-order valence-electron chi connectivity index (χ0n) is 11.5. The molecule has 1 N–H and O–H groups in total. The van der Waals surface area contributed by atoms with E-state index < -0.39 is 0 Å². The Morgan fingerprint density at radius 1 is 0.950 bits per heavy atom. The first-order chi connectivity index (χ1) is 9.93. The Kier molecular flexibility index (Phi) is 2.96. The molecule has 0 amide bonds. The van der Waals surface area contributed by atoms with E-state index >= 15 is 0 Å². The van der Waals surface area contributed by atoms with Crippen LogP contribution in [-0.4, -0.2) is 6.61 Å². The number of rotatable bonds is 1. The number of ether oxygens (including phenoxy) is 1. The first-order valence-corrected chi connectivity index (χ1v) is 7.45. The normalized spacial score (nSPS) is 28.1. The van der Waals surface area contributed by atoms with Crippen LogP contribution in [0.1, 0.15) is 36.1 Å². The fourth-order valence-corrected chi connectivity index (χ4v) is 3.61. The molecule has 2 aromatic carbocycles. The van der Waals surface area contributed by atoms with Crippen LogP contribution in [0.2, 0.25) is 0 Å². The molecule has 0 aliphatic carbocycles. The van der Waals surface area contributed by atoms with E-state index in [4.69, 9.17) is 4.74 Å². The fraction of sp³-hybridized carbons (Fsp3) is 0.333. The number of para-hydroxylation sites is 1. The van der Waals surface area contributed by atoms with Crippen molar-refractivity contribution in [2.24, 2.45) is 5.92 Å². The molecule has 2 aromatic rings. The second-order valence-corrected chi connectivity index (χ2v) is 5.72. The number of fused-ring (bicyclic) bond motifs is 3. The third-order valence-electron chi connectivity index (χ3n) is 4.53. The van der Waals surface area contributed by atoms with Gasteiger partial charge < -0.3 is 10.1 Å². The van der Waals surface area contributed by atoms with Crippen LogP contribution in [-0.2, 0) is 4.74 Å². The minimum Gasteiger partial charge on any atom is -0.378 e. The Hall–Kier alpha value is -1.80. The molecule has 102 valence electrons. The summed E-state index contributed by atoms with van der Waals surface area (Å²) in [5.41, 5.74) is 3.91. The lowest BCUT2D eigenvalue weighted by Crippen LogP contribution is -2.35. The number of hydrogen-bond acceptors (Lipinski definition) is 2. The number of hydrogen-bond donors (Lipinski definition) is 1. The zero-order valence-corrected chi connectivity index (χ0v) is 11.5. The Bertz CT molecular complexity index is 595. The van der Waals surface area contributed by atoms with Crippen LogP contribution >= 0.6 is 0 Å². The molecule has 2 heterocycles. The van der Waals surface area contributed by atoms with Gasteiger partial charge in [-0.15, -0.1) is 0 Å². The lowest BCUT2D eigenvalue weighted by atomic mass is 9.77. The molecule has 1 unspecified atom stereocenters. The molecule has 0 aromatic heterocycles. The van der Waals surface area contributed by atoms with E-state index in [1.165, 1.54) is 23.2 Å². The Balaban J connectivity index is 1.78. The average molecular weight is 265 g/mol. The summed E-state index contributed by atoms with van der Waals surface area (Å²) >= 11 is 0. The highest BCUT2D eigenvalue weighted by Crippen LogP contribution is 2.48. The Morgan fingerprint density at radius 2 is 1.75 bits per heavy atom. The van der Waals surface area contributed by atoms with Crippen molar-refractivity contribution in [2.45, 2.75) is 25.0 Å². The first kappa shape index (κ1) is 12.0. The Labute approximate surface area is 119 Å². The number of nitrogens with one attached hydrogen (secondary N) is 1. The van der Waals surface area contributed by atoms with Crippen LogP contribution in [0.4, 0.5) is 5.69 Å². The fourth-order valence-electron chi connectivity index (χ4n) is 3.61. The predicted molar refractivity (Wildman–Crippen MR) is 80.7 cm³/mol. The highest BCUT2D eigenvalue weighted by atomic mass is 16.5. The molecule has 2 aliphatic heterocycles. The van der Waals surface area contributed by atoms with Gasteiger partial charge in [0, 0.05) is 23.8 Å². The molecule has 20 heavy (non-hydrogen) atoms. The summed E-state index contributed by atoms with van der Waals surface area (Å²) in [6, 6.07) is 19.7. The monoisotopic (exact) mass is 265 g/mol. The largest absolute Gasteiger partial charge is 0.378 e. The molecule has 1 saturated heterocycles. The van der Waals surface area contributed by atoms with E-state index in [2.05, 4.69) is 59.9 Å². The molecule has 2 nitrogen and oxygen atoms in total. The highest BCUT2D eigenvalue weighted by molar-refractivity contribution is 5.57. The summed E-state index contributed by atoms with van der Waals surface area (Å²) in [6.45, 7) is 0.886. The van der Waals surface area contributed by atoms with Crippen LogP contribution in [0.25, 0.3) is 0 Å². The van der Waals surface area contributed by atoms with Crippen molar-refractivity contribution >= 4 is 5.69 Å². The van der Waals surface area contributed by atoms with Gasteiger partial charge in [0.15, 0.2) is 0 Å². The summed E-state index contributed by atoms with van der Waals surface area (Å²) in [7, 11) is 0. The predicted octanol–water partition coefficient (Wildman–Crippen LogP) is 4.32. The van der Waals surface area contributed by atoms with Crippen molar-refractivity contribution in [3.8, 4) is 0 Å². The van der Waals surface area contributed by atoms with Gasteiger partial charge in [-0.1, -0.05) is 48.5 Å². The molecule has 3 atom stereocenters. The summed E-state index contributed by atoms with van der Waals surface area (Å²) in [5.74, 6) is 0.529. The Morgan fingerprint density at radius 3 is 2.65 bits per heavy atom. The molecule has 0 saturated carbocycles. The molecule has 1 fully saturated rings. The minimum absolute atomic E-state index is 0.242. The van der Waals surface area contributed by atoms with E-state index in [-0.39, 0.29) is 6.10 Å². The van der Waals surface area contributed by atoms with Crippen LogP contribution in [0, 0.1) is 5.92 Å². The summed E-state index contributed by atoms with van der Waals surface area (Å²) in [5, 5.41) is 3.73. The molecule has 4 rings (SSSR count). The quantitative estimate of drug-likeness (QED) is 0.829. The zero-order chi connectivity index (χ0) is 13.4. The van der Waals surface area contributed by atoms with Crippen molar-refractivity contribution in [3.63, 3.8) is 0 Å². The van der Waals surface area contributed by atoms with E-state index in [0.717, 1.165) is 13.0 Å². The highest BCUT2D eigenvalue weighted by Gasteiger charge is 2.39. The number of anilines is 1. The van der Waals surface area contributed by atoms with Gasteiger partial charge in [0.05, 0.1) is 12.1 Å². The first-order valence-electron chi connectivity index (χ1n) is 7.45. The lowest BCUT2D eigenvalue weighted by Gasteiger charge is -2.43. The molecule has 2 heteroatoms. The summed E-state index contributed by atoms with van der Waals surface area (Å²) in [4.78, 5) is 0. The summed E-state index contributed by atoms with van der Waals surface area (Å²) in [6.07, 6.45) is 2.63. The van der Waals surface area contributed by atoms with Gasteiger partial charge in [0.1, 0.15) is 0 Å². The maximum atomic E-state index is 6.12. The number of benzene rings is 2. The van der Waals surface area contributed by atoms with E-state index in [9.17, 15) is 0 Å².